The van der Waals surface area contributed by atoms with E-state index in [2.05, 4.69) is 9.36 Å². The van der Waals surface area contributed by atoms with Crippen molar-refractivity contribution < 1.29 is 4.74 Å². The molecule has 1 heterocycles. The molecule has 0 N–H and O–H groups in total. The molecular weight excluding hydrogens is 240 g/mol. The van der Waals surface area contributed by atoms with Gasteiger partial charge in [0.15, 0.2) is 4.34 Å². The number of methoxy groups -OCH3 is 1. The summed E-state index contributed by atoms with van der Waals surface area (Å²) >= 11 is 3.46. The van der Waals surface area contributed by atoms with Crippen molar-refractivity contribution in [2.45, 2.75) is 48.1 Å². The SMILES string of the molecule is COCCc1nsc(SC2CCCCC2)n1. The molecule has 0 atom stereocenters. The second kappa shape index (κ2) is 6.57. The summed E-state index contributed by atoms with van der Waals surface area (Å²) in [6, 6.07) is 0. The number of hydrogen-bond donors (Lipinski definition) is 0. The number of ether oxygens (including phenoxy) is 1. The van der Waals surface area contributed by atoms with Gasteiger partial charge in [0, 0.05) is 18.8 Å². The van der Waals surface area contributed by atoms with Gasteiger partial charge in [0.25, 0.3) is 0 Å². The first kappa shape index (κ1) is 12.3. The second-order valence-corrected chi connectivity index (χ2v) is 6.40. The molecule has 1 aliphatic rings. The Morgan fingerprint density at radius 2 is 2.19 bits per heavy atom. The molecule has 0 saturated heterocycles. The molecule has 1 aromatic heterocycles. The molecule has 1 saturated carbocycles. The van der Waals surface area contributed by atoms with E-state index in [4.69, 9.17) is 4.74 Å². The Hall–Kier alpha value is -0.130. The lowest BCUT2D eigenvalue weighted by atomic mass is 10.0. The average molecular weight is 258 g/mol. The van der Waals surface area contributed by atoms with Crippen LogP contribution in [0.4, 0.5) is 0 Å². The Morgan fingerprint density at radius 3 is 2.94 bits per heavy atom. The van der Waals surface area contributed by atoms with Crippen molar-refractivity contribution in [2.24, 2.45) is 0 Å². The fourth-order valence-corrected chi connectivity index (χ4v) is 4.07. The summed E-state index contributed by atoms with van der Waals surface area (Å²) < 4.78 is 10.5. The molecule has 90 valence electrons. The third-order valence-electron chi connectivity index (χ3n) is 2.80. The van der Waals surface area contributed by atoms with Crippen LogP contribution in [-0.4, -0.2) is 28.3 Å². The van der Waals surface area contributed by atoms with Gasteiger partial charge in [0.1, 0.15) is 5.82 Å². The normalized spacial score (nSPS) is 17.8. The molecule has 0 spiro atoms. The standard InChI is InChI=1S/C11H18N2OS2/c1-14-8-7-10-12-11(16-13-10)15-9-5-3-2-4-6-9/h9H,2-8H2,1H3. The highest BCUT2D eigenvalue weighted by molar-refractivity contribution is 8.01. The van der Waals surface area contributed by atoms with E-state index < -0.39 is 0 Å². The smallest absolute Gasteiger partial charge is 0.170 e. The van der Waals surface area contributed by atoms with Crippen LogP contribution < -0.4 is 0 Å². The molecule has 1 aromatic rings. The molecule has 5 heteroatoms. The molecule has 0 bridgehead atoms. The molecular formula is C11H18N2OS2. The van der Waals surface area contributed by atoms with Crippen molar-refractivity contribution in [3.05, 3.63) is 5.82 Å². The van der Waals surface area contributed by atoms with Gasteiger partial charge < -0.3 is 4.74 Å². The van der Waals surface area contributed by atoms with E-state index in [1.54, 1.807) is 7.11 Å². The summed E-state index contributed by atoms with van der Waals surface area (Å²) in [5, 5.41) is 0.775. The number of aromatic nitrogens is 2. The molecule has 0 unspecified atom stereocenters. The Kier molecular flexibility index (Phi) is 5.06. The molecule has 0 aromatic carbocycles. The maximum Gasteiger partial charge on any atom is 0.170 e. The predicted octanol–water partition coefficient (Wildman–Crippen LogP) is 3.15. The van der Waals surface area contributed by atoms with Gasteiger partial charge in [-0.2, -0.15) is 4.37 Å². The maximum absolute atomic E-state index is 5.02. The van der Waals surface area contributed by atoms with Crippen LogP contribution in [0.2, 0.25) is 0 Å². The first-order valence-electron chi connectivity index (χ1n) is 5.86. The third-order valence-corrected chi connectivity index (χ3v) is 4.96. The van der Waals surface area contributed by atoms with Gasteiger partial charge in [-0.1, -0.05) is 31.0 Å². The fourth-order valence-electron chi connectivity index (χ4n) is 1.91. The quantitative estimate of drug-likeness (QED) is 0.812. The molecule has 0 radical (unpaired) electrons. The van der Waals surface area contributed by atoms with E-state index >= 15 is 0 Å². The Labute approximate surface area is 105 Å². The van der Waals surface area contributed by atoms with Gasteiger partial charge in [-0.25, -0.2) is 4.98 Å². The van der Waals surface area contributed by atoms with Crippen LogP contribution in [0.1, 0.15) is 37.9 Å². The number of nitrogens with zero attached hydrogens (tertiary/aromatic N) is 2. The summed E-state index contributed by atoms with van der Waals surface area (Å²) in [5.74, 6) is 0.935. The van der Waals surface area contributed by atoms with E-state index in [1.807, 2.05) is 11.8 Å². The zero-order chi connectivity index (χ0) is 11.2. The Morgan fingerprint density at radius 1 is 1.38 bits per heavy atom. The van der Waals surface area contributed by atoms with Crippen LogP contribution in [-0.2, 0) is 11.2 Å². The topological polar surface area (TPSA) is 35.0 Å². The average Bonchev–Trinajstić information content (AvgIpc) is 2.75. The van der Waals surface area contributed by atoms with Crippen LogP contribution >= 0.6 is 23.3 Å². The summed E-state index contributed by atoms with van der Waals surface area (Å²) in [5.41, 5.74) is 0. The van der Waals surface area contributed by atoms with Crippen molar-refractivity contribution in [1.82, 2.24) is 9.36 Å². The van der Waals surface area contributed by atoms with E-state index in [9.17, 15) is 0 Å². The molecule has 2 rings (SSSR count). The molecule has 1 aliphatic carbocycles. The molecule has 16 heavy (non-hydrogen) atoms. The fraction of sp³-hybridized carbons (Fsp3) is 0.818. The van der Waals surface area contributed by atoms with Crippen molar-refractivity contribution in [3.8, 4) is 0 Å². The minimum absolute atomic E-state index is 0.713. The molecule has 0 amide bonds. The van der Waals surface area contributed by atoms with Gasteiger partial charge in [-0.05, 0) is 24.4 Å². The lowest BCUT2D eigenvalue weighted by Crippen LogP contribution is -2.07. The summed E-state index contributed by atoms with van der Waals surface area (Å²) in [6.07, 6.45) is 7.69. The maximum atomic E-state index is 5.02. The Bertz CT molecular complexity index is 311. The minimum atomic E-state index is 0.713. The highest BCUT2D eigenvalue weighted by Crippen LogP contribution is 2.34. The summed E-state index contributed by atoms with van der Waals surface area (Å²) in [6.45, 7) is 0.713. The van der Waals surface area contributed by atoms with Gasteiger partial charge in [-0.15, -0.1) is 0 Å². The summed E-state index contributed by atoms with van der Waals surface area (Å²) in [4.78, 5) is 4.53. The third kappa shape index (κ3) is 3.71. The van der Waals surface area contributed by atoms with Crippen molar-refractivity contribution >= 4 is 23.3 Å². The predicted molar refractivity (Wildman–Crippen MR) is 68.2 cm³/mol. The van der Waals surface area contributed by atoms with Crippen LogP contribution in [0.3, 0.4) is 0 Å². The van der Waals surface area contributed by atoms with E-state index in [-0.39, 0.29) is 0 Å². The first-order chi connectivity index (χ1) is 7.88. The molecule has 1 fully saturated rings. The monoisotopic (exact) mass is 258 g/mol. The van der Waals surface area contributed by atoms with Crippen molar-refractivity contribution in [1.29, 1.82) is 0 Å². The van der Waals surface area contributed by atoms with Gasteiger partial charge in [-0.3, -0.25) is 0 Å². The number of rotatable bonds is 5. The summed E-state index contributed by atoms with van der Waals surface area (Å²) in [7, 11) is 1.71. The zero-order valence-corrected chi connectivity index (χ0v) is 11.3. The second-order valence-electron chi connectivity index (χ2n) is 4.10. The van der Waals surface area contributed by atoms with E-state index in [0.717, 1.165) is 21.8 Å². The van der Waals surface area contributed by atoms with Crippen LogP contribution in [0.5, 0.6) is 0 Å². The zero-order valence-electron chi connectivity index (χ0n) is 9.65. The molecule has 0 aliphatic heterocycles. The first-order valence-corrected chi connectivity index (χ1v) is 7.52. The number of thioether (sulfide) groups is 1. The van der Waals surface area contributed by atoms with E-state index in [0.29, 0.717) is 6.61 Å². The lowest BCUT2D eigenvalue weighted by molar-refractivity contribution is 0.200. The van der Waals surface area contributed by atoms with Crippen molar-refractivity contribution in [2.75, 3.05) is 13.7 Å². The van der Waals surface area contributed by atoms with Crippen LogP contribution in [0.25, 0.3) is 0 Å². The van der Waals surface area contributed by atoms with Gasteiger partial charge >= 0.3 is 0 Å². The highest BCUT2D eigenvalue weighted by atomic mass is 32.2. The Balaban J connectivity index is 1.81. The van der Waals surface area contributed by atoms with Crippen LogP contribution in [0.15, 0.2) is 4.34 Å². The number of hydrogen-bond acceptors (Lipinski definition) is 5. The molecule has 3 nitrogen and oxygen atoms in total. The van der Waals surface area contributed by atoms with E-state index in [1.165, 1.54) is 43.6 Å². The lowest BCUT2D eigenvalue weighted by Gasteiger charge is -2.19. The van der Waals surface area contributed by atoms with Gasteiger partial charge in [0.2, 0.25) is 0 Å². The van der Waals surface area contributed by atoms with Crippen LogP contribution in [0, 0.1) is 0 Å². The van der Waals surface area contributed by atoms with Crippen molar-refractivity contribution in [3.63, 3.8) is 0 Å². The highest BCUT2D eigenvalue weighted by Gasteiger charge is 2.16. The largest absolute Gasteiger partial charge is 0.384 e. The van der Waals surface area contributed by atoms with Gasteiger partial charge in [0.05, 0.1) is 6.61 Å². The minimum Gasteiger partial charge on any atom is -0.384 e.